The third-order valence-corrected chi connectivity index (χ3v) is 6.39. The highest BCUT2D eigenvalue weighted by Gasteiger charge is 2.54. The van der Waals surface area contributed by atoms with Crippen LogP contribution < -0.4 is 16.4 Å². The van der Waals surface area contributed by atoms with E-state index in [1.54, 1.807) is 32.1 Å². The molecule has 33 heavy (non-hydrogen) atoms. The zero-order valence-electron chi connectivity index (χ0n) is 18.6. The fourth-order valence-corrected chi connectivity index (χ4v) is 4.44. The van der Waals surface area contributed by atoms with Gasteiger partial charge in [0.15, 0.2) is 5.60 Å². The lowest BCUT2D eigenvalue weighted by Crippen LogP contribution is -2.50. The molecule has 4 rings (SSSR count). The number of anilines is 1. The smallest absolute Gasteiger partial charge is 0.250 e. The summed E-state index contributed by atoms with van der Waals surface area (Å²) in [5.74, 6) is -1.32. The van der Waals surface area contributed by atoms with Crippen molar-refractivity contribution < 1.29 is 24.0 Å². The number of rotatable bonds is 5. The lowest BCUT2D eigenvalue weighted by Gasteiger charge is -2.25. The van der Waals surface area contributed by atoms with Crippen molar-refractivity contribution in [2.24, 2.45) is 10.9 Å². The molecule has 4 amide bonds. The molecule has 10 nitrogen and oxygen atoms in total. The zero-order chi connectivity index (χ0) is 23.8. The maximum atomic E-state index is 13.0. The molecule has 10 heteroatoms. The van der Waals surface area contributed by atoms with Crippen molar-refractivity contribution in [1.82, 2.24) is 10.2 Å². The van der Waals surface area contributed by atoms with Crippen molar-refractivity contribution in [2.75, 3.05) is 11.9 Å². The summed E-state index contributed by atoms with van der Waals surface area (Å²) in [6.07, 6.45) is 3.00. The summed E-state index contributed by atoms with van der Waals surface area (Å²) in [6.45, 7) is 3.68. The van der Waals surface area contributed by atoms with Crippen molar-refractivity contribution in [3.05, 3.63) is 41.5 Å². The van der Waals surface area contributed by atoms with Crippen LogP contribution in [-0.2, 0) is 24.0 Å². The van der Waals surface area contributed by atoms with Gasteiger partial charge in [-0.25, -0.2) is 0 Å². The summed E-state index contributed by atoms with van der Waals surface area (Å²) >= 11 is 0. The number of allylic oxidation sites excluding steroid dienone is 1. The predicted molar refractivity (Wildman–Crippen MR) is 120 cm³/mol. The van der Waals surface area contributed by atoms with Crippen molar-refractivity contribution >= 4 is 35.0 Å². The van der Waals surface area contributed by atoms with Crippen LogP contribution >= 0.6 is 0 Å². The molecule has 3 unspecified atom stereocenters. The Labute approximate surface area is 191 Å². The monoisotopic (exact) mass is 453 g/mol. The molecule has 0 aliphatic carbocycles. The average molecular weight is 453 g/mol. The van der Waals surface area contributed by atoms with E-state index in [1.165, 1.54) is 4.90 Å². The molecule has 3 aliphatic heterocycles. The molecule has 0 bridgehead atoms. The number of likely N-dealkylation sites (tertiary alicyclic amines) is 1. The molecule has 1 aromatic rings. The third-order valence-electron chi connectivity index (χ3n) is 6.39. The highest BCUT2D eigenvalue weighted by atomic mass is 16.7. The largest absolute Gasteiger partial charge is 0.387 e. The zero-order valence-corrected chi connectivity index (χ0v) is 18.6. The van der Waals surface area contributed by atoms with Crippen LogP contribution in [0.4, 0.5) is 5.69 Å². The van der Waals surface area contributed by atoms with Crippen molar-refractivity contribution in [3.63, 3.8) is 0 Å². The van der Waals surface area contributed by atoms with Gasteiger partial charge in [0.25, 0.3) is 5.91 Å². The molecule has 3 aliphatic rings. The Balaban J connectivity index is 1.48. The first-order valence-corrected chi connectivity index (χ1v) is 10.9. The van der Waals surface area contributed by atoms with Gasteiger partial charge < -0.3 is 26.1 Å². The van der Waals surface area contributed by atoms with Gasteiger partial charge in [0.1, 0.15) is 12.1 Å². The van der Waals surface area contributed by atoms with Crippen molar-refractivity contribution in [3.8, 4) is 0 Å². The molecule has 0 radical (unpaired) electrons. The predicted octanol–water partition coefficient (Wildman–Crippen LogP) is 0.819. The van der Waals surface area contributed by atoms with E-state index in [0.29, 0.717) is 29.8 Å². The summed E-state index contributed by atoms with van der Waals surface area (Å²) in [5.41, 5.74) is 7.38. The number of nitrogens with two attached hydrogens (primary N) is 1. The molecule has 0 aromatic heterocycles. The van der Waals surface area contributed by atoms with Gasteiger partial charge >= 0.3 is 0 Å². The maximum absolute atomic E-state index is 13.0. The van der Waals surface area contributed by atoms with Crippen molar-refractivity contribution in [1.29, 1.82) is 0 Å². The molecule has 2 saturated heterocycles. The molecule has 3 atom stereocenters. The minimum atomic E-state index is -0.867. The lowest BCUT2D eigenvalue weighted by molar-refractivity contribution is -0.139. The normalized spacial score (nSPS) is 26.7. The molecule has 3 heterocycles. The van der Waals surface area contributed by atoms with E-state index in [0.717, 1.165) is 5.56 Å². The number of hydrogen-bond acceptors (Lipinski definition) is 6. The van der Waals surface area contributed by atoms with Gasteiger partial charge in [0, 0.05) is 36.1 Å². The molecule has 4 N–H and O–H groups in total. The standard InChI is InChI=1S/C23H27N5O5/c1-3-13(2)21(31)25-15-6-4-5-14(9-15)17-10-23(33-27-17)11-18(20(24)30)28(12-23)22(32)16-7-8-19(29)26-16/h3-6,9,16,18H,7-8,10-12H2,1-2H3,(H2,24,30)(H,25,31)(H,26,29). The van der Waals surface area contributed by atoms with Gasteiger partial charge in [0.05, 0.1) is 12.3 Å². The first-order valence-electron chi connectivity index (χ1n) is 10.9. The quantitative estimate of drug-likeness (QED) is 0.566. The van der Waals surface area contributed by atoms with Crippen molar-refractivity contribution in [2.45, 2.75) is 57.2 Å². The van der Waals surface area contributed by atoms with Gasteiger partial charge in [-0.15, -0.1) is 0 Å². The van der Waals surface area contributed by atoms with Crippen LogP contribution in [0.25, 0.3) is 0 Å². The fourth-order valence-electron chi connectivity index (χ4n) is 4.44. The fraction of sp³-hybridized carbons (Fsp3) is 0.435. The van der Waals surface area contributed by atoms with Crippen LogP contribution in [-0.4, -0.2) is 58.5 Å². The number of nitrogens with zero attached hydrogens (tertiary/aromatic N) is 2. The molecule has 2 fully saturated rings. The maximum Gasteiger partial charge on any atom is 0.250 e. The van der Waals surface area contributed by atoms with Gasteiger partial charge in [-0.05, 0) is 32.4 Å². The number of benzene rings is 1. The van der Waals surface area contributed by atoms with Crippen LogP contribution in [0.3, 0.4) is 0 Å². The van der Waals surface area contributed by atoms with Gasteiger partial charge in [-0.1, -0.05) is 23.4 Å². The van der Waals surface area contributed by atoms with Crippen LogP contribution in [0, 0.1) is 0 Å². The van der Waals surface area contributed by atoms with E-state index in [-0.39, 0.29) is 37.1 Å². The van der Waals surface area contributed by atoms with Gasteiger partial charge in [-0.3, -0.25) is 19.2 Å². The first-order chi connectivity index (χ1) is 15.7. The summed E-state index contributed by atoms with van der Waals surface area (Å²) in [7, 11) is 0. The minimum Gasteiger partial charge on any atom is -0.387 e. The molecule has 174 valence electrons. The highest BCUT2D eigenvalue weighted by Crippen LogP contribution is 2.39. The molecule has 0 saturated carbocycles. The number of carbonyl (C=O) groups excluding carboxylic acids is 4. The number of carbonyl (C=O) groups is 4. The topological polar surface area (TPSA) is 143 Å². The van der Waals surface area contributed by atoms with Crippen LogP contribution in [0.15, 0.2) is 41.1 Å². The second-order valence-electron chi connectivity index (χ2n) is 8.74. The van der Waals surface area contributed by atoms with Crippen LogP contribution in [0.5, 0.6) is 0 Å². The van der Waals surface area contributed by atoms with E-state index < -0.39 is 23.6 Å². The second-order valence-corrected chi connectivity index (χ2v) is 8.74. The van der Waals surface area contributed by atoms with Gasteiger partial charge in [-0.2, -0.15) is 0 Å². The number of amides is 4. The Morgan fingerprint density at radius 1 is 1.36 bits per heavy atom. The summed E-state index contributed by atoms with van der Waals surface area (Å²) in [6, 6.07) is 5.77. The Bertz CT molecular complexity index is 1080. The SMILES string of the molecule is CC=C(C)C(=O)Nc1cccc(C2=NOC3(C2)CC(C(N)=O)N(C(=O)C2CCC(=O)N2)C3)c1. The molecular weight excluding hydrogens is 426 g/mol. The third kappa shape index (κ3) is 4.46. The number of hydrogen-bond donors (Lipinski definition) is 3. The summed E-state index contributed by atoms with van der Waals surface area (Å²) in [5, 5.41) is 9.73. The number of primary amides is 1. The van der Waals surface area contributed by atoms with E-state index in [9.17, 15) is 19.2 Å². The molecular formula is C23H27N5O5. The second kappa shape index (κ2) is 8.68. The van der Waals surface area contributed by atoms with E-state index >= 15 is 0 Å². The van der Waals surface area contributed by atoms with Gasteiger partial charge in [0.2, 0.25) is 17.7 Å². The number of nitrogens with one attached hydrogen (secondary N) is 2. The van der Waals surface area contributed by atoms with E-state index in [2.05, 4.69) is 15.8 Å². The minimum absolute atomic E-state index is 0.149. The van der Waals surface area contributed by atoms with Crippen LogP contribution in [0.1, 0.15) is 45.1 Å². The Kier molecular flexibility index (Phi) is 5.92. The Morgan fingerprint density at radius 2 is 2.15 bits per heavy atom. The molecule has 1 spiro atoms. The lowest BCUT2D eigenvalue weighted by atomic mass is 9.91. The highest BCUT2D eigenvalue weighted by molar-refractivity contribution is 6.06. The Hall–Kier alpha value is -3.69. The van der Waals surface area contributed by atoms with E-state index in [4.69, 9.17) is 10.6 Å². The summed E-state index contributed by atoms with van der Waals surface area (Å²) < 4.78 is 0. The average Bonchev–Trinajstić information content (AvgIpc) is 3.52. The summed E-state index contributed by atoms with van der Waals surface area (Å²) in [4.78, 5) is 56.0. The molecule has 1 aromatic carbocycles. The first kappa shape index (κ1) is 22.5. The Morgan fingerprint density at radius 3 is 2.82 bits per heavy atom. The number of oxime groups is 1. The van der Waals surface area contributed by atoms with Crippen LogP contribution in [0.2, 0.25) is 0 Å². The van der Waals surface area contributed by atoms with E-state index in [1.807, 2.05) is 12.1 Å².